The number of esters is 1. The molecule has 3 atom stereocenters. The smallest absolute Gasteiger partial charge is 0.307 e. The summed E-state index contributed by atoms with van der Waals surface area (Å²) >= 11 is 0. The van der Waals surface area contributed by atoms with Gasteiger partial charge < -0.3 is 14.5 Å². The maximum Gasteiger partial charge on any atom is 0.307 e. The second-order valence-electron chi connectivity index (χ2n) is 8.84. The van der Waals surface area contributed by atoms with Crippen LogP contribution < -0.4 is 0 Å². The van der Waals surface area contributed by atoms with Crippen molar-refractivity contribution in [3.8, 4) is 0 Å². The minimum Gasteiger partial charge on any atom is -0.462 e. The molecule has 5 heteroatoms. The van der Waals surface area contributed by atoms with E-state index in [1.54, 1.807) is 0 Å². The summed E-state index contributed by atoms with van der Waals surface area (Å²) in [5.41, 5.74) is 1.42. The SMILES string of the molecule is CN1CCN(CCC(=O)OC2C[C@H]3CC[C@@H](C2)N3CCc2ccccc2)CC1. The van der Waals surface area contributed by atoms with Crippen LogP contribution in [0, 0.1) is 0 Å². The normalized spacial score (nSPS) is 29.1. The van der Waals surface area contributed by atoms with E-state index in [2.05, 4.69) is 52.1 Å². The Hall–Kier alpha value is -1.43. The van der Waals surface area contributed by atoms with Gasteiger partial charge in [-0.15, -0.1) is 0 Å². The van der Waals surface area contributed by atoms with E-state index >= 15 is 0 Å². The molecule has 1 unspecified atom stereocenters. The van der Waals surface area contributed by atoms with Crippen LogP contribution in [0.15, 0.2) is 30.3 Å². The van der Waals surface area contributed by atoms with E-state index in [1.165, 1.54) is 18.4 Å². The highest BCUT2D eigenvalue weighted by Gasteiger charge is 2.41. The van der Waals surface area contributed by atoms with Gasteiger partial charge in [0.2, 0.25) is 0 Å². The van der Waals surface area contributed by atoms with E-state index in [4.69, 9.17) is 4.74 Å². The van der Waals surface area contributed by atoms with Gasteiger partial charge in [-0.2, -0.15) is 0 Å². The van der Waals surface area contributed by atoms with E-state index in [0.29, 0.717) is 18.5 Å². The predicted molar refractivity (Wildman–Crippen MR) is 111 cm³/mol. The summed E-state index contributed by atoms with van der Waals surface area (Å²) in [4.78, 5) is 19.8. The first-order chi connectivity index (χ1) is 13.7. The number of nitrogens with zero attached hydrogens (tertiary/aromatic N) is 3. The standard InChI is InChI=1S/C23H35N3O2/c1-24-13-15-25(16-14-24)11-10-23(27)28-22-17-20-7-8-21(18-22)26(20)12-9-19-5-3-2-4-6-19/h2-6,20-22H,7-18H2,1H3/t20-,21+,22?. The zero-order chi connectivity index (χ0) is 19.3. The van der Waals surface area contributed by atoms with Crippen molar-refractivity contribution in [2.45, 2.75) is 56.7 Å². The second-order valence-corrected chi connectivity index (χ2v) is 8.84. The van der Waals surface area contributed by atoms with Crippen LogP contribution in [0.2, 0.25) is 0 Å². The van der Waals surface area contributed by atoms with Gasteiger partial charge >= 0.3 is 5.97 Å². The van der Waals surface area contributed by atoms with Crippen molar-refractivity contribution in [1.82, 2.24) is 14.7 Å². The molecule has 4 rings (SSSR count). The monoisotopic (exact) mass is 385 g/mol. The minimum atomic E-state index is 0.000985. The zero-order valence-electron chi connectivity index (χ0n) is 17.3. The molecule has 0 amide bonds. The van der Waals surface area contributed by atoms with Gasteiger partial charge in [-0.25, -0.2) is 0 Å². The number of hydrogen-bond acceptors (Lipinski definition) is 5. The van der Waals surface area contributed by atoms with Crippen molar-refractivity contribution in [3.05, 3.63) is 35.9 Å². The molecule has 3 aliphatic heterocycles. The maximum atomic E-state index is 12.4. The number of benzene rings is 1. The molecule has 1 aromatic carbocycles. The summed E-state index contributed by atoms with van der Waals surface area (Å²) in [6.45, 7) is 6.29. The fourth-order valence-electron chi connectivity index (χ4n) is 5.15. The number of ether oxygens (including phenoxy) is 1. The Morgan fingerprint density at radius 3 is 2.36 bits per heavy atom. The lowest BCUT2D eigenvalue weighted by molar-refractivity contribution is -0.153. The number of rotatable bonds is 7. The molecule has 3 heterocycles. The largest absolute Gasteiger partial charge is 0.462 e. The molecule has 0 aliphatic carbocycles. The number of carbonyl (C=O) groups excluding carboxylic acids is 1. The van der Waals surface area contributed by atoms with Gasteiger partial charge in [-0.1, -0.05) is 30.3 Å². The maximum absolute atomic E-state index is 12.4. The molecule has 0 N–H and O–H groups in total. The van der Waals surface area contributed by atoms with Crippen LogP contribution in [0.3, 0.4) is 0 Å². The van der Waals surface area contributed by atoms with Gasteiger partial charge in [0.25, 0.3) is 0 Å². The van der Waals surface area contributed by atoms with E-state index in [0.717, 1.165) is 58.5 Å². The molecule has 3 saturated heterocycles. The fourth-order valence-corrected chi connectivity index (χ4v) is 5.15. The topological polar surface area (TPSA) is 36.0 Å². The Morgan fingerprint density at radius 1 is 1.00 bits per heavy atom. The van der Waals surface area contributed by atoms with E-state index < -0.39 is 0 Å². The Balaban J connectivity index is 1.19. The highest BCUT2D eigenvalue weighted by atomic mass is 16.5. The summed E-state index contributed by atoms with van der Waals surface area (Å²) in [6.07, 6.45) is 6.34. The lowest BCUT2D eigenvalue weighted by Gasteiger charge is -2.38. The average molecular weight is 386 g/mol. The van der Waals surface area contributed by atoms with Crippen molar-refractivity contribution < 1.29 is 9.53 Å². The molecule has 154 valence electrons. The van der Waals surface area contributed by atoms with Crippen molar-refractivity contribution in [1.29, 1.82) is 0 Å². The lowest BCUT2D eigenvalue weighted by atomic mass is 9.98. The first kappa shape index (κ1) is 19.9. The van der Waals surface area contributed by atoms with Gasteiger partial charge in [-0.3, -0.25) is 9.69 Å². The summed E-state index contributed by atoms with van der Waals surface area (Å²) in [6, 6.07) is 12.0. The number of fused-ring (bicyclic) bond motifs is 2. The van der Waals surface area contributed by atoms with Crippen molar-refractivity contribution in [2.75, 3.05) is 46.3 Å². The molecular weight excluding hydrogens is 350 g/mol. The zero-order valence-corrected chi connectivity index (χ0v) is 17.3. The Labute approximate surface area is 169 Å². The third-order valence-electron chi connectivity index (χ3n) is 6.87. The third kappa shape index (κ3) is 5.13. The molecule has 0 spiro atoms. The molecular formula is C23H35N3O2. The number of piperidine rings is 1. The highest BCUT2D eigenvalue weighted by Crippen LogP contribution is 2.37. The highest BCUT2D eigenvalue weighted by molar-refractivity contribution is 5.69. The van der Waals surface area contributed by atoms with Gasteiger partial charge in [0.1, 0.15) is 6.10 Å². The Morgan fingerprint density at radius 2 is 1.68 bits per heavy atom. The van der Waals surface area contributed by atoms with Crippen LogP contribution in [-0.2, 0) is 16.0 Å². The van der Waals surface area contributed by atoms with Gasteiger partial charge in [0, 0.05) is 64.2 Å². The summed E-state index contributed by atoms with van der Waals surface area (Å²) in [5.74, 6) is 0.000985. The quantitative estimate of drug-likeness (QED) is 0.674. The molecule has 5 nitrogen and oxygen atoms in total. The van der Waals surface area contributed by atoms with Gasteiger partial charge in [0.15, 0.2) is 0 Å². The van der Waals surface area contributed by atoms with Gasteiger partial charge in [0.05, 0.1) is 6.42 Å². The summed E-state index contributed by atoms with van der Waals surface area (Å²) in [7, 11) is 2.16. The Bertz CT molecular complexity index is 616. The van der Waals surface area contributed by atoms with Crippen LogP contribution >= 0.6 is 0 Å². The van der Waals surface area contributed by atoms with Crippen LogP contribution in [-0.4, -0.2) is 85.2 Å². The van der Waals surface area contributed by atoms with Crippen molar-refractivity contribution in [2.24, 2.45) is 0 Å². The number of carbonyl (C=O) groups is 1. The predicted octanol–water partition coefficient (Wildman–Crippen LogP) is 2.41. The van der Waals surface area contributed by atoms with E-state index in [-0.39, 0.29) is 12.1 Å². The minimum absolute atomic E-state index is 0.000985. The van der Waals surface area contributed by atoms with Crippen molar-refractivity contribution in [3.63, 3.8) is 0 Å². The van der Waals surface area contributed by atoms with E-state index in [1.807, 2.05) is 0 Å². The number of likely N-dealkylation sites (N-methyl/N-ethyl adjacent to an activating group) is 1. The fraction of sp³-hybridized carbons (Fsp3) is 0.696. The molecule has 2 bridgehead atoms. The lowest BCUT2D eigenvalue weighted by Crippen LogP contribution is -2.47. The molecule has 1 aromatic rings. The first-order valence-electron chi connectivity index (χ1n) is 11.1. The van der Waals surface area contributed by atoms with Crippen molar-refractivity contribution >= 4 is 5.97 Å². The molecule has 3 fully saturated rings. The molecule has 3 aliphatic rings. The molecule has 0 aromatic heterocycles. The van der Waals surface area contributed by atoms with Crippen LogP contribution in [0.4, 0.5) is 0 Å². The number of piperazine rings is 1. The summed E-state index contributed by atoms with van der Waals surface area (Å²) in [5, 5.41) is 0. The second kappa shape index (κ2) is 9.38. The van der Waals surface area contributed by atoms with E-state index in [9.17, 15) is 4.79 Å². The van der Waals surface area contributed by atoms with Gasteiger partial charge in [-0.05, 0) is 31.9 Å². The third-order valence-corrected chi connectivity index (χ3v) is 6.87. The molecule has 28 heavy (non-hydrogen) atoms. The van der Waals surface area contributed by atoms with Crippen LogP contribution in [0.1, 0.15) is 37.7 Å². The van der Waals surface area contributed by atoms with Crippen LogP contribution in [0.25, 0.3) is 0 Å². The first-order valence-corrected chi connectivity index (χ1v) is 11.1. The summed E-state index contributed by atoms with van der Waals surface area (Å²) < 4.78 is 5.89. The average Bonchev–Trinajstić information content (AvgIpc) is 2.95. The number of hydrogen-bond donors (Lipinski definition) is 0. The molecule has 0 radical (unpaired) electrons. The van der Waals surface area contributed by atoms with Crippen LogP contribution in [0.5, 0.6) is 0 Å². The molecule has 0 saturated carbocycles. The Kier molecular flexibility index (Phi) is 6.65.